The average Bonchev–Trinajstić information content (AvgIpc) is 2.57. The Labute approximate surface area is 215 Å². The first-order valence-corrected chi connectivity index (χ1v) is 14.8. The third-order valence-corrected chi connectivity index (χ3v) is 9.05. The number of nitrogens with one attached hydrogen (secondary N) is 1. The van der Waals surface area contributed by atoms with Crippen molar-refractivity contribution in [1.29, 1.82) is 0 Å². The molecule has 2 rings (SSSR count). The minimum atomic E-state index is -3.92. The molecular formula is C26H42NO3PPdS. The van der Waals surface area contributed by atoms with Crippen LogP contribution in [0.15, 0.2) is 48.5 Å². The molecule has 0 radical (unpaired) electrons. The molecule has 2 aromatic carbocycles. The van der Waals surface area contributed by atoms with Crippen LogP contribution in [0.1, 0.15) is 62.3 Å². The van der Waals surface area contributed by atoms with Crippen molar-refractivity contribution >= 4 is 27.8 Å². The van der Waals surface area contributed by atoms with Crippen LogP contribution in [-0.2, 0) is 29.3 Å². The molecule has 0 unspecified atom stereocenters. The molecule has 0 aromatic heterocycles. The van der Waals surface area contributed by atoms with Crippen LogP contribution in [0.25, 0.3) is 11.1 Å². The molecule has 4 nitrogen and oxygen atoms in total. The van der Waals surface area contributed by atoms with Gasteiger partial charge in [0.05, 0.1) is 10.1 Å². The first-order valence-electron chi connectivity index (χ1n) is 10.9. The molecule has 0 fully saturated rings. The summed E-state index contributed by atoms with van der Waals surface area (Å²) in [5, 5.41) is 4.56. The van der Waals surface area contributed by atoms with Gasteiger partial charge in [0.2, 0.25) is 0 Å². The molecule has 0 aliphatic rings. The maximum atomic E-state index is 9.08. The Morgan fingerprint density at radius 3 is 1.39 bits per heavy atom. The predicted molar refractivity (Wildman–Crippen MR) is 143 cm³/mol. The van der Waals surface area contributed by atoms with Gasteiger partial charge in [0.15, 0.2) is 0 Å². The van der Waals surface area contributed by atoms with Crippen LogP contribution >= 0.6 is 7.92 Å². The molecule has 0 spiro atoms. The molecule has 0 aliphatic carbocycles. The van der Waals surface area contributed by atoms with Crippen molar-refractivity contribution in [3.05, 3.63) is 48.5 Å². The molecule has 0 bridgehead atoms. The van der Waals surface area contributed by atoms with Crippen LogP contribution in [0.4, 0.5) is 5.69 Å². The third-order valence-electron chi connectivity index (χ3n) is 4.35. The average molecular weight is 586 g/mol. The van der Waals surface area contributed by atoms with Crippen molar-refractivity contribution in [3.8, 4) is 11.1 Å². The molecule has 0 saturated carbocycles. The summed E-state index contributed by atoms with van der Waals surface area (Å²) in [5.41, 5.74) is 3.60. The van der Waals surface area contributed by atoms with Crippen LogP contribution in [-0.4, -0.2) is 41.7 Å². The normalized spacial score (nSPS) is 12.3. The zero-order valence-electron chi connectivity index (χ0n) is 22.0. The van der Waals surface area contributed by atoms with Gasteiger partial charge in [0.25, 0.3) is 0 Å². The van der Waals surface area contributed by atoms with E-state index in [0.717, 1.165) is 9.72 Å². The van der Waals surface area contributed by atoms with Crippen LogP contribution < -0.4 is 9.35 Å². The van der Waals surface area contributed by atoms with Gasteiger partial charge in [-0.25, -0.2) is 8.42 Å². The Hall–Kier alpha value is -0.758. The standard InChI is InChI=1S/C13H12N.C12H27P.CH4O3S.Pd/c1-14-13-10-6-5-9-12(13)11-7-3-2-4-8-11;1-10(2,3)13(11(4,5)6)12(7,8)9;1-5(2,3)4;/h2-7,9-10,14H,1H3;1-9H3;1H3,(H,2,3,4);/q;;;+1/p-1. The minimum absolute atomic E-state index is 0.0162. The molecular weight excluding hydrogens is 544 g/mol. The minimum Gasteiger partial charge on any atom is -0.748 e. The van der Waals surface area contributed by atoms with Gasteiger partial charge in [-0.15, -0.1) is 0 Å². The molecule has 0 heterocycles. The zero-order valence-corrected chi connectivity index (χ0v) is 25.3. The van der Waals surface area contributed by atoms with E-state index in [1.807, 2.05) is 19.2 Å². The van der Waals surface area contributed by atoms with E-state index >= 15 is 0 Å². The number of benzene rings is 2. The van der Waals surface area contributed by atoms with Gasteiger partial charge in [0.1, 0.15) is 0 Å². The first-order chi connectivity index (χ1) is 14.7. The van der Waals surface area contributed by atoms with Crippen LogP contribution in [0, 0.1) is 0 Å². The van der Waals surface area contributed by atoms with Crippen molar-refractivity contribution in [2.75, 3.05) is 18.6 Å². The van der Waals surface area contributed by atoms with Crippen molar-refractivity contribution in [2.24, 2.45) is 0 Å². The second kappa shape index (κ2) is 12.8. The molecule has 0 aliphatic heterocycles. The summed E-state index contributed by atoms with van der Waals surface area (Å²) in [7, 11) is -1.96. The van der Waals surface area contributed by atoms with E-state index in [1.54, 1.807) is 0 Å². The summed E-state index contributed by atoms with van der Waals surface area (Å²) in [4.78, 5) is 0. The molecule has 33 heavy (non-hydrogen) atoms. The number of hydrogen-bond donors (Lipinski definition) is 1. The number of hydrogen-bond acceptors (Lipinski definition) is 4. The molecule has 0 atom stereocenters. The topological polar surface area (TPSA) is 69.2 Å². The summed E-state index contributed by atoms with van der Waals surface area (Å²) >= 11 is 3.28. The second-order valence-electron chi connectivity index (χ2n) is 10.8. The second-order valence-corrected chi connectivity index (χ2v) is 17.7. The Balaban J connectivity index is 0.000000522. The molecule has 7 heteroatoms. The largest absolute Gasteiger partial charge is 0.748 e. The van der Waals surface area contributed by atoms with E-state index in [9.17, 15) is 0 Å². The number of rotatable bonds is 2. The Bertz CT molecular complexity index is 931. The summed E-state index contributed by atoms with van der Waals surface area (Å²) in [6.45, 7) is 21.5. The summed E-state index contributed by atoms with van der Waals surface area (Å²) < 4.78 is 28.4. The Kier molecular flexibility index (Phi) is 12.5. The summed E-state index contributed by atoms with van der Waals surface area (Å²) in [5.74, 6) is 0. The van der Waals surface area contributed by atoms with Crippen molar-refractivity contribution in [3.63, 3.8) is 0 Å². The van der Waals surface area contributed by atoms with E-state index in [0.29, 0.717) is 21.7 Å². The van der Waals surface area contributed by atoms with E-state index in [4.69, 9.17) is 13.0 Å². The number of para-hydroxylation sites is 1. The van der Waals surface area contributed by atoms with E-state index in [2.05, 4.69) is 123 Å². The van der Waals surface area contributed by atoms with Crippen LogP contribution in [0.2, 0.25) is 0 Å². The van der Waals surface area contributed by atoms with E-state index in [1.165, 1.54) is 11.1 Å². The maximum absolute atomic E-state index is 9.08. The van der Waals surface area contributed by atoms with Crippen LogP contribution in [0.5, 0.6) is 0 Å². The fourth-order valence-electron chi connectivity index (χ4n) is 4.61. The Morgan fingerprint density at radius 2 is 1.09 bits per heavy atom. The Morgan fingerprint density at radius 1 is 0.758 bits per heavy atom. The van der Waals surface area contributed by atoms with Gasteiger partial charge in [-0.1, -0.05) is 70.2 Å². The van der Waals surface area contributed by atoms with Crippen molar-refractivity contribution < 1.29 is 32.2 Å². The van der Waals surface area contributed by atoms with Crippen molar-refractivity contribution in [1.82, 2.24) is 0 Å². The smallest absolute Gasteiger partial charge is 0.0916 e. The fourth-order valence-corrected chi connectivity index (χ4v) is 11.1. The third kappa shape index (κ3) is 13.1. The molecule has 1 N–H and O–H groups in total. The first kappa shape index (κ1) is 32.2. The molecule has 2 aromatic rings. The number of anilines is 1. The van der Waals surface area contributed by atoms with Gasteiger partial charge in [-0.05, 0) is 15.5 Å². The maximum Gasteiger partial charge on any atom is 0.0916 e. The van der Waals surface area contributed by atoms with E-state index in [-0.39, 0.29) is 7.92 Å². The quantitative estimate of drug-likeness (QED) is 0.245. The van der Waals surface area contributed by atoms with Gasteiger partial charge >= 0.3 is 101 Å². The molecule has 0 amide bonds. The van der Waals surface area contributed by atoms with Gasteiger partial charge in [-0.3, -0.25) is 0 Å². The summed E-state index contributed by atoms with van der Waals surface area (Å²) in [6, 6.07) is 16.6. The molecule has 190 valence electrons. The van der Waals surface area contributed by atoms with Gasteiger partial charge in [0, 0.05) is 6.26 Å². The van der Waals surface area contributed by atoms with Gasteiger partial charge < -0.3 is 4.55 Å². The SMILES string of the molecule is CC(C)(C)P(C(C)(C)C)C(C)(C)C.CNc1ccccc1-c1cccc[c]1[Pd+].CS(=O)(=O)[O-]. The van der Waals surface area contributed by atoms with E-state index < -0.39 is 10.1 Å². The summed E-state index contributed by atoms with van der Waals surface area (Å²) in [6.07, 6.45) is 0.604. The predicted octanol–water partition coefficient (Wildman–Crippen LogP) is 6.59. The zero-order chi connectivity index (χ0) is 26.3. The molecule has 0 saturated heterocycles. The fraction of sp³-hybridized carbons (Fsp3) is 0.538. The van der Waals surface area contributed by atoms with Gasteiger partial charge in [-0.2, -0.15) is 0 Å². The van der Waals surface area contributed by atoms with Crippen molar-refractivity contribution in [2.45, 2.75) is 77.8 Å². The monoisotopic (exact) mass is 585 g/mol. The van der Waals surface area contributed by atoms with Crippen LogP contribution in [0.3, 0.4) is 0 Å².